The highest BCUT2D eigenvalue weighted by molar-refractivity contribution is 5.87. The molecule has 0 aromatic heterocycles. The molecule has 0 unspecified atom stereocenters. The molecule has 2 bridgehead atoms. The minimum absolute atomic E-state index is 0.358. The van der Waals surface area contributed by atoms with Crippen molar-refractivity contribution in [2.24, 2.45) is 0 Å². The number of benzene rings is 1. The molecule has 0 radical (unpaired) electrons. The normalized spacial score (nSPS) is 31.8. The molecule has 0 saturated heterocycles. The van der Waals surface area contributed by atoms with Gasteiger partial charge < -0.3 is 4.74 Å². The summed E-state index contributed by atoms with van der Waals surface area (Å²) in [6.45, 7) is 2.23. The van der Waals surface area contributed by atoms with E-state index in [-0.39, 0.29) is 0 Å². The van der Waals surface area contributed by atoms with Gasteiger partial charge in [0.25, 0.3) is 0 Å². The summed E-state index contributed by atoms with van der Waals surface area (Å²) in [5.74, 6) is 0.455. The predicted molar refractivity (Wildman–Crippen MR) is 64.2 cm³/mol. The van der Waals surface area contributed by atoms with Crippen molar-refractivity contribution in [2.75, 3.05) is 14.2 Å². The monoisotopic (exact) mass is 216 g/mol. The van der Waals surface area contributed by atoms with Gasteiger partial charge >= 0.3 is 0 Å². The van der Waals surface area contributed by atoms with Gasteiger partial charge in [0.1, 0.15) is 7.05 Å². The van der Waals surface area contributed by atoms with Crippen LogP contribution in [0, 0.1) is 0 Å². The number of hydrogen-bond acceptors (Lipinski definition) is 1. The van der Waals surface area contributed by atoms with Gasteiger partial charge in [0, 0.05) is 26.0 Å². The molecule has 0 saturated carbocycles. The number of rotatable bonds is 1. The van der Waals surface area contributed by atoms with E-state index in [1.165, 1.54) is 16.8 Å². The third-order valence-electron chi connectivity index (χ3n) is 4.29. The fourth-order valence-corrected chi connectivity index (χ4v) is 3.34. The highest BCUT2D eigenvalue weighted by Crippen LogP contribution is 2.45. The maximum absolute atomic E-state index is 5.65. The van der Waals surface area contributed by atoms with Crippen LogP contribution >= 0.6 is 0 Å². The summed E-state index contributed by atoms with van der Waals surface area (Å²) in [5, 5.41) is 0. The van der Waals surface area contributed by atoms with Crippen LogP contribution in [0.1, 0.15) is 36.4 Å². The van der Waals surface area contributed by atoms with Crippen LogP contribution in [-0.2, 0) is 4.74 Å². The predicted octanol–water partition coefficient (Wildman–Crippen LogP) is 2.35. The highest BCUT2D eigenvalue weighted by atomic mass is 16.5. The van der Waals surface area contributed by atoms with Crippen LogP contribution in [0.15, 0.2) is 24.3 Å². The van der Waals surface area contributed by atoms with E-state index in [0.717, 1.165) is 6.42 Å². The van der Waals surface area contributed by atoms with Crippen LogP contribution in [0.5, 0.6) is 0 Å². The van der Waals surface area contributed by atoms with Gasteiger partial charge in [-0.3, -0.25) is 0 Å². The summed E-state index contributed by atoms with van der Waals surface area (Å²) >= 11 is 0. The maximum Gasteiger partial charge on any atom is 0.180 e. The Balaban J connectivity index is 2.20. The second kappa shape index (κ2) is 3.42. The topological polar surface area (TPSA) is 12.2 Å². The van der Waals surface area contributed by atoms with Crippen LogP contribution in [0.2, 0.25) is 0 Å². The summed E-state index contributed by atoms with van der Waals surface area (Å²) in [5.41, 5.74) is 4.41. The van der Waals surface area contributed by atoms with Crippen molar-refractivity contribution in [3.8, 4) is 0 Å². The quantitative estimate of drug-likeness (QED) is 0.656. The molecule has 2 heterocycles. The molecule has 84 valence electrons. The number of ether oxygens (including phenoxy) is 1. The van der Waals surface area contributed by atoms with Crippen molar-refractivity contribution in [2.45, 2.75) is 31.4 Å². The van der Waals surface area contributed by atoms with Crippen molar-refractivity contribution in [1.29, 1.82) is 0 Å². The van der Waals surface area contributed by atoms with Crippen molar-refractivity contribution in [3.63, 3.8) is 0 Å². The van der Waals surface area contributed by atoms with Crippen LogP contribution in [0.4, 0.5) is 0 Å². The fraction of sp³-hybridized carbons (Fsp3) is 0.500. The molecule has 2 heteroatoms. The summed E-state index contributed by atoms with van der Waals surface area (Å²) < 4.78 is 8.07. The van der Waals surface area contributed by atoms with Gasteiger partial charge in [0.05, 0.1) is 12.0 Å². The minimum Gasteiger partial charge on any atom is -0.380 e. The van der Waals surface area contributed by atoms with Crippen molar-refractivity contribution in [1.82, 2.24) is 0 Å². The molecule has 3 atom stereocenters. The van der Waals surface area contributed by atoms with Gasteiger partial charge in [-0.1, -0.05) is 24.3 Å². The molecule has 2 nitrogen and oxygen atoms in total. The van der Waals surface area contributed by atoms with Gasteiger partial charge in [-0.2, -0.15) is 0 Å². The Morgan fingerprint density at radius 1 is 1.25 bits per heavy atom. The van der Waals surface area contributed by atoms with Crippen LogP contribution in [0.25, 0.3) is 0 Å². The summed E-state index contributed by atoms with van der Waals surface area (Å²) in [6, 6.07) is 9.31. The molecular formula is C14H18NO+. The molecule has 0 N–H and O–H groups in total. The second-order valence-electron chi connectivity index (χ2n) is 4.88. The van der Waals surface area contributed by atoms with E-state index < -0.39 is 0 Å². The largest absolute Gasteiger partial charge is 0.380 e. The highest BCUT2D eigenvalue weighted by Gasteiger charge is 2.47. The molecule has 3 aliphatic rings. The molecule has 4 rings (SSSR count). The Bertz CT molecular complexity index is 464. The Morgan fingerprint density at radius 3 is 2.62 bits per heavy atom. The van der Waals surface area contributed by atoms with Gasteiger partial charge in [-0.05, 0) is 5.56 Å². The number of hydrogen-bond donors (Lipinski definition) is 0. The van der Waals surface area contributed by atoms with Gasteiger partial charge in [-0.15, -0.1) is 0 Å². The maximum atomic E-state index is 5.65. The lowest BCUT2D eigenvalue weighted by atomic mass is 9.72. The Hall–Kier alpha value is -1.15. The van der Waals surface area contributed by atoms with E-state index in [2.05, 4.69) is 42.8 Å². The molecule has 0 spiro atoms. The van der Waals surface area contributed by atoms with E-state index in [9.17, 15) is 0 Å². The van der Waals surface area contributed by atoms with E-state index in [0.29, 0.717) is 18.1 Å². The molecule has 1 aliphatic carbocycles. The van der Waals surface area contributed by atoms with E-state index in [1.807, 2.05) is 7.11 Å². The lowest BCUT2D eigenvalue weighted by Gasteiger charge is -2.39. The average molecular weight is 216 g/mol. The van der Waals surface area contributed by atoms with E-state index in [4.69, 9.17) is 4.74 Å². The third kappa shape index (κ3) is 1.14. The molecule has 0 amide bonds. The molecular weight excluding hydrogens is 198 g/mol. The summed E-state index contributed by atoms with van der Waals surface area (Å²) in [4.78, 5) is 0. The first-order valence-corrected chi connectivity index (χ1v) is 5.92. The number of nitrogens with zero attached hydrogens (tertiary/aromatic N) is 1. The fourth-order valence-electron chi connectivity index (χ4n) is 3.34. The second-order valence-corrected chi connectivity index (χ2v) is 4.88. The Labute approximate surface area is 96.6 Å². The number of methoxy groups -OCH3 is 1. The van der Waals surface area contributed by atoms with E-state index in [1.54, 1.807) is 0 Å². The molecule has 1 aromatic rings. The average Bonchev–Trinajstić information content (AvgIpc) is 2.34. The molecule has 2 aliphatic heterocycles. The van der Waals surface area contributed by atoms with Crippen molar-refractivity contribution in [3.05, 3.63) is 35.4 Å². The molecule has 16 heavy (non-hydrogen) atoms. The first-order valence-electron chi connectivity index (χ1n) is 5.92. The molecule has 1 aromatic carbocycles. The zero-order chi connectivity index (χ0) is 11.3. The SMILES string of the molecule is CO[C@@H]1C[C@@H]2c3ccccc3[C@@H]1C(C)=[N+]2C. The Morgan fingerprint density at radius 2 is 1.94 bits per heavy atom. The summed E-state index contributed by atoms with van der Waals surface area (Å²) in [7, 11) is 4.04. The lowest BCUT2D eigenvalue weighted by Crippen LogP contribution is -2.45. The van der Waals surface area contributed by atoms with Gasteiger partial charge in [-0.25, -0.2) is 4.58 Å². The first-order chi connectivity index (χ1) is 7.74. The standard InChI is InChI=1S/C14H18NO/c1-9-14-11-7-5-4-6-10(11)12(15(9)2)8-13(14)16-3/h4-7,12-14H,8H2,1-3H3/q+1/t12-,13-,14+/m1/s1. The minimum atomic E-state index is 0.358. The summed E-state index contributed by atoms with van der Waals surface area (Å²) in [6.07, 6.45) is 1.47. The zero-order valence-corrected chi connectivity index (χ0v) is 10.1. The first kappa shape index (κ1) is 10.0. The third-order valence-corrected chi connectivity index (χ3v) is 4.29. The number of fused-ring (bicyclic) bond motifs is 1. The Kier molecular flexibility index (Phi) is 2.15. The molecule has 0 fully saturated rings. The smallest absolute Gasteiger partial charge is 0.180 e. The van der Waals surface area contributed by atoms with E-state index >= 15 is 0 Å². The van der Waals surface area contributed by atoms with Gasteiger partial charge in [0.2, 0.25) is 0 Å². The van der Waals surface area contributed by atoms with Crippen molar-refractivity contribution < 1.29 is 9.31 Å². The van der Waals surface area contributed by atoms with Crippen LogP contribution in [0.3, 0.4) is 0 Å². The zero-order valence-electron chi connectivity index (χ0n) is 10.1. The van der Waals surface area contributed by atoms with Crippen molar-refractivity contribution >= 4 is 5.71 Å². The lowest BCUT2D eigenvalue weighted by molar-refractivity contribution is -0.558. The van der Waals surface area contributed by atoms with Crippen LogP contribution in [-0.4, -0.2) is 30.5 Å². The van der Waals surface area contributed by atoms with Gasteiger partial charge in [0.15, 0.2) is 11.8 Å². The van der Waals surface area contributed by atoms with Crippen LogP contribution < -0.4 is 0 Å².